The number of hydrogen-bond donors (Lipinski definition) is 2. The molecule has 0 aliphatic rings. The lowest BCUT2D eigenvalue weighted by Crippen LogP contribution is -2.35. The lowest BCUT2D eigenvalue weighted by atomic mass is 9.86. The van der Waals surface area contributed by atoms with E-state index < -0.39 is 11.5 Å². The van der Waals surface area contributed by atoms with Crippen LogP contribution < -0.4 is 0 Å². The zero-order valence-corrected chi connectivity index (χ0v) is 21.0. The zero-order chi connectivity index (χ0) is 26.8. The van der Waals surface area contributed by atoms with Gasteiger partial charge in [0.15, 0.2) is 11.3 Å². The Kier molecular flexibility index (Phi) is 6.23. The Balaban J connectivity index is 1.43. The molecule has 1 amide bonds. The normalized spacial score (nSPS) is 11.9. The van der Waals surface area contributed by atoms with Gasteiger partial charge in [-0.05, 0) is 33.5 Å². The molecule has 0 unspecified atom stereocenters. The number of azo groups is 1. The third kappa shape index (κ3) is 4.27. The summed E-state index contributed by atoms with van der Waals surface area (Å²) in [5.74, 6) is -0.964. The summed E-state index contributed by atoms with van der Waals surface area (Å²) in [7, 11) is 0. The molecular formula is C33H25N3O3. The van der Waals surface area contributed by atoms with Crippen LogP contribution in [0.4, 0.5) is 5.69 Å². The van der Waals surface area contributed by atoms with E-state index in [1.165, 1.54) is 0 Å². The Labute approximate surface area is 225 Å². The number of aromatic nitrogens is 1. The topological polar surface area (TPSA) is 87.2 Å². The van der Waals surface area contributed by atoms with Crippen molar-refractivity contribution in [1.82, 2.24) is 4.57 Å². The number of carbonyl (C=O) groups is 1. The number of nitrogens with zero attached hydrogens (tertiary/aromatic N) is 3. The van der Waals surface area contributed by atoms with Crippen LogP contribution in [0.5, 0.6) is 5.88 Å². The Morgan fingerprint density at radius 1 is 0.692 bits per heavy atom. The molecule has 39 heavy (non-hydrogen) atoms. The van der Waals surface area contributed by atoms with E-state index in [9.17, 15) is 15.0 Å². The van der Waals surface area contributed by atoms with Crippen molar-refractivity contribution in [1.29, 1.82) is 0 Å². The van der Waals surface area contributed by atoms with E-state index in [2.05, 4.69) is 28.4 Å². The Morgan fingerprint density at radius 2 is 1.26 bits per heavy atom. The molecule has 6 nitrogen and oxygen atoms in total. The average Bonchev–Trinajstić information content (AvgIpc) is 3.26. The summed E-state index contributed by atoms with van der Waals surface area (Å²) in [6.07, 6.45) is 0. The minimum atomic E-state index is -2.04. The van der Waals surface area contributed by atoms with Gasteiger partial charge in [0.1, 0.15) is 0 Å². The summed E-state index contributed by atoms with van der Waals surface area (Å²) in [5, 5.41) is 34.1. The van der Waals surface area contributed by atoms with E-state index >= 15 is 0 Å². The molecule has 5 aromatic carbocycles. The molecule has 0 radical (unpaired) electrons. The van der Waals surface area contributed by atoms with Crippen LogP contribution in [-0.4, -0.2) is 20.7 Å². The molecule has 190 valence electrons. The Hall–Kier alpha value is -5.07. The molecule has 6 rings (SSSR count). The number of aromatic hydroxyl groups is 1. The van der Waals surface area contributed by atoms with Gasteiger partial charge in [0, 0.05) is 5.39 Å². The number of hydrogen-bond acceptors (Lipinski definition) is 4. The molecule has 0 spiro atoms. The zero-order valence-electron chi connectivity index (χ0n) is 21.0. The lowest BCUT2D eigenvalue weighted by molar-refractivity contribution is -0.133. The maximum Gasteiger partial charge on any atom is 0.305 e. The van der Waals surface area contributed by atoms with E-state index in [1.807, 2.05) is 60.7 Å². The summed E-state index contributed by atoms with van der Waals surface area (Å²) >= 11 is 0. The maximum atomic E-state index is 13.5. The SMILES string of the molecule is O=C(N=Nc1c(O)n(Cc2cccc3ccccc23)c2ccccc12)C(O)(c1ccccc1)c1ccccc1. The van der Waals surface area contributed by atoms with E-state index in [1.54, 1.807) is 53.1 Å². The Bertz CT molecular complexity index is 1780. The van der Waals surface area contributed by atoms with E-state index in [-0.39, 0.29) is 11.6 Å². The van der Waals surface area contributed by atoms with Crippen LogP contribution in [0.15, 0.2) is 138 Å². The summed E-state index contributed by atoms with van der Waals surface area (Å²) < 4.78 is 1.76. The smallest absolute Gasteiger partial charge is 0.305 e. The molecule has 1 aromatic heterocycles. The van der Waals surface area contributed by atoms with Gasteiger partial charge in [-0.2, -0.15) is 0 Å². The van der Waals surface area contributed by atoms with Crippen molar-refractivity contribution in [3.63, 3.8) is 0 Å². The molecule has 0 aliphatic heterocycles. The molecule has 0 atom stereocenters. The summed E-state index contributed by atoms with van der Waals surface area (Å²) in [4.78, 5) is 13.5. The number of carbonyl (C=O) groups excluding carboxylic acids is 1. The summed E-state index contributed by atoms with van der Waals surface area (Å²) in [6.45, 7) is 0.398. The van der Waals surface area contributed by atoms with Crippen LogP contribution in [0.2, 0.25) is 0 Å². The van der Waals surface area contributed by atoms with Crippen molar-refractivity contribution in [2.45, 2.75) is 12.1 Å². The molecule has 1 heterocycles. The molecule has 6 aromatic rings. The quantitative estimate of drug-likeness (QED) is 0.234. The van der Waals surface area contributed by atoms with Crippen LogP contribution in [0.3, 0.4) is 0 Å². The fourth-order valence-corrected chi connectivity index (χ4v) is 5.07. The van der Waals surface area contributed by atoms with Gasteiger partial charge in [-0.25, -0.2) is 0 Å². The van der Waals surface area contributed by atoms with Crippen molar-refractivity contribution in [3.05, 3.63) is 144 Å². The van der Waals surface area contributed by atoms with Gasteiger partial charge in [0.25, 0.3) is 0 Å². The van der Waals surface area contributed by atoms with Gasteiger partial charge < -0.3 is 14.8 Å². The van der Waals surface area contributed by atoms with Crippen molar-refractivity contribution in [2.75, 3.05) is 0 Å². The molecule has 0 bridgehead atoms. The summed E-state index contributed by atoms with van der Waals surface area (Å²) in [5.41, 5.74) is 0.674. The number of aliphatic hydroxyl groups is 1. The Morgan fingerprint density at radius 3 is 1.95 bits per heavy atom. The fraction of sp³-hybridized carbons (Fsp3) is 0.0606. The third-order valence-electron chi connectivity index (χ3n) is 7.06. The monoisotopic (exact) mass is 511 g/mol. The first-order valence-corrected chi connectivity index (χ1v) is 12.6. The van der Waals surface area contributed by atoms with Gasteiger partial charge in [-0.15, -0.1) is 10.2 Å². The van der Waals surface area contributed by atoms with Crippen LogP contribution in [0.1, 0.15) is 16.7 Å². The van der Waals surface area contributed by atoms with Crippen molar-refractivity contribution in [2.24, 2.45) is 10.2 Å². The van der Waals surface area contributed by atoms with Crippen LogP contribution >= 0.6 is 0 Å². The molecular weight excluding hydrogens is 486 g/mol. The average molecular weight is 512 g/mol. The minimum absolute atomic E-state index is 0.108. The first-order valence-electron chi connectivity index (χ1n) is 12.6. The molecule has 0 fully saturated rings. The molecule has 2 N–H and O–H groups in total. The van der Waals surface area contributed by atoms with Gasteiger partial charge in [0.2, 0.25) is 5.88 Å². The lowest BCUT2D eigenvalue weighted by Gasteiger charge is -2.25. The van der Waals surface area contributed by atoms with Crippen molar-refractivity contribution in [3.8, 4) is 5.88 Å². The second kappa shape index (κ2) is 10.0. The van der Waals surface area contributed by atoms with Crippen LogP contribution in [0.25, 0.3) is 21.7 Å². The second-order valence-electron chi connectivity index (χ2n) is 9.36. The number of para-hydroxylation sites is 1. The number of fused-ring (bicyclic) bond motifs is 2. The number of amides is 1. The molecule has 0 aliphatic carbocycles. The summed E-state index contributed by atoms with van der Waals surface area (Å²) in [6, 6.07) is 38.9. The van der Waals surface area contributed by atoms with Gasteiger partial charge in [-0.1, -0.05) is 121 Å². The first kappa shape index (κ1) is 24.3. The van der Waals surface area contributed by atoms with Gasteiger partial charge in [0.05, 0.1) is 12.1 Å². The van der Waals surface area contributed by atoms with Crippen LogP contribution in [0, 0.1) is 0 Å². The molecule has 0 saturated carbocycles. The largest absolute Gasteiger partial charge is 0.493 e. The predicted octanol–water partition coefficient (Wildman–Crippen LogP) is 7.09. The first-order chi connectivity index (χ1) is 19.1. The van der Waals surface area contributed by atoms with E-state index in [0.29, 0.717) is 23.1 Å². The predicted molar refractivity (Wildman–Crippen MR) is 152 cm³/mol. The highest BCUT2D eigenvalue weighted by Crippen LogP contribution is 2.40. The standard InChI is InChI=1S/C33H25N3O3/c37-31-30(34-35-32(38)33(39,25-15-3-1-4-16-25)26-17-5-2-6-18-26)28-20-9-10-21-29(28)36(31)22-24-14-11-13-23-12-7-8-19-27(23)24/h1-21,37,39H,22H2. The maximum absolute atomic E-state index is 13.5. The van der Waals surface area contributed by atoms with Gasteiger partial charge >= 0.3 is 5.91 Å². The highest BCUT2D eigenvalue weighted by molar-refractivity contribution is 5.96. The fourth-order valence-electron chi connectivity index (χ4n) is 5.07. The van der Waals surface area contributed by atoms with Gasteiger partial charge in [-0.3, -0.25) is 4.79 Å². The van der Waals surface area contributed by atoms with E-state index in [4.69, 9.17) is 0 Å². The number of benzene rings is 5. The third-order valence-corrected chi connectivity index (χ3v) is 7.06. The molecule has 0 saturated heterocycles. The van der Waals surface area contributed by atoms with Crippen molar-refractivity contribution < 1.29 is 15.0 Å². The highest BCUT2D eigenvalue weighted by Gasteiger charge is 2.40. The van der Waals surface area contributed by atoms with Crippen molar-refractivity contribution >= 4 is 33.3 Å². The second-order valence-corrected chi connectivity index (χ2v) is 9.36. The highest BCUT2D eigenvalue weighted by atomic mass is 16.3. The van der Waals surface area contributed by atoms with E-state index in [0.717, 1.165) is 21.9 Å². The van der Waals surface area contributed by atoms with Crippen LogP contribution in [-0.2, 0) is 16.9 Å². The number of rotatable bonds is 6. The molecule has 6 heteroatoms. The minimum Gasteiger partial charge on any atom is -0.493 e.